The van der Waals surface area contributed by atoms with Crippen LogP contribution in [0.1, 0.15) is 23.6 Å². The lowest BCUT2D eigenvalue weighted by atomic mass is 9.75. The van der Waals surface area contributed by atoms with Gasteiger partial charge in [0.15, 0.2) is 5.54 Å². The summed E-state index contributed by atoms with van der Waals surface area (Å²) in [5.41, 5.74) is 1.12. The lowest BCUT2D eigenvalue weighted by Gasteiger charge is -2.36. The Hall–Kier alpha value is -3.35. The fourth-order valence-corrected chi connectivity index (χ4v) is 5.82. The summed E-state index contributed by atoms with van der Waals surface area (Å²) in [7, 11) is 0. The minimum Gasteiger partial charge on any atom is -0.274 e. The van der Waals surface area contributed by atoms with Crippen molar-refractivity contribution >= 4 is 17.5 Å². The Morgan fingerprint density at radius 3 is 2.16 bits per heavy atom. The van der Waals surface area contributed by atoms with Crippen molar-refractivity contribution < 1.29 is 14.0 Å². The Bertz CT molecular complexity index is 1180. The number of hydrogen-bond acceptors (Lipinski definition) is 4. The van der Waals surface area contributed by atoms with E-state index in [1.54, 1.807) is 0 Å². The second-order valence-corrected chi connectivity index (χ2v) is 8.56. The number of carbonyl (C=O) groups excluding carboxylic acids is 2. The van der Waals surface area contributed by atoms with E-state index >= 15 is 0 Å². The molecule has 0 aliphatic carbocycles. The molecule has 0 N–H and O–H groups in total. The summed E-state index contributed by atoms with van der Waals surface area (Å²) in [5, 5.41) is 4.33. The largest absolute Gasteiger partial charge is 0.274 e. The molecule has 3 heterocycles. The highest BCUT2D eigenvalue weighted by Crippen LogP contribution is 2.59. The average Bonchev–Trinajstić information content (AvgIpc) is 3.46. The standard InChI is InChI=1S/C26H22FN3O2/c27-20-12-14-21(15-13-20)30-24(31)22-23(18-8-3-1-4-9-18)28-16-7-17-29(28)26(22,25(30)32)19-10-5-2-6-11-19/h1-6,8-15,22-23H,7,16-17H2/t22-,23+,26-/m0/s1. The van der Waals surface area contributed by atoms with Crippen LogP contribution in [-0.2, 0) is 15.1 Å². The van der Waals surface area contributed by atoms with Gasteiger partial charge < -0.3 is 0 Å². The monoisotopic (exact) mass is 427 g/mol. The van der Waals surface area contributed by atoms with Crippen LogP contribution in [0.25, 0.3) is 0 Å². The molecule has 6 heteroatoms. The van der Waals surface area contributed by atoms with E-state index in [-0.39, 0.29) is 17.9 Å². The molecular weight excluding hydrogens is 405 g/mol. The summed E-state index contributed by atoms with van der Waals surface area (Å²) in [6.07, 6.45) is 0.919. The van der Waals surface area contributed by atoms with Gasteiger partial charge in [0, 0.05) is 13.1 Å². The molecule has 3 aromatic carbocycles. The molecule has 0 aromatic heterocycles. The highest BCUT2D eigenvalue weighted by Gasteiger charge is 2.73. The first-order chi connectivity index (χ1) is 15.6. The maximum Gasteiger partial charge on any atom is 0.261 e. The first-order valence-corrected chi connectivity index (χ1v) is 10.9. The molecule has 0 spiro atoms. The Kier molecular flexibility index (Phi) is 4.28. The maximum atomic E-state index is 14.3. The zero-order chi connectivity index (χ0) is 21.9. The molecule has 3 fully saturated rings. The predicted molar refractivity (Wildman–Crippen MR) is 118 cm³/mol. The van der Waals surface area contributed by atoms with E-state index in [4.69, 9.17) is 0 Å². The van der Waals surface area contributed by atoms with Gasteiger partial charge >= 0.3 is 0 Å². The number of halogens is 1. The number of nitrogens with zero attached hydrogens (tertiary/aromatic N) is 3. The van der Waals surface area contributed by atoms with Crippen LogP contribution in [0.4, 0.5) is 10.1 Å². The minimum atomic E-state index is -1.12. The number of benzene rings is 3. The molecule has 0 unspecified atom stereocenters. The van der Waals surface area contributed by atoms with Crippen LogP contribution in [0.15, 0.2) is 84.9 Å². The third-order valence-corrected chi connectivity index (χ3v) is 7.02. The van der Waals surface area contributed by atoms with E-state index in [1.165, 1.54) is 29.2 Å². The van der Waals surface area contributed by atoms with Crippen molar-refractivity contribution in [2.45, 2.75) is 18.0 Å². The number of rotatable bonds is 3. The minimum absolute atomic E-state index is 0.242. The third-order valence-electron chi connectivity index (χ3n) is 7.02. The molecule has 2 amide bonds. The van der Waals surface area contributed by atoms with Gasteiger partial charge in [0.2, 0.25) is 5.91 Å². The number of anilines is 1. The number of amides is 2. The Balaban J connectivity index is 1.60. The van der Waals surface area contributed by atoms with Crippen LogP contribution < -0.4 is 4.90 Å². The van der Waals surface area contributed by atoms with E-state index in [2.05, 4.69) is 10.0 Å². The zero-order valence-electron chi connectivity index (χ0n) is 17.4. The van der Waals surface area contributed by atoms with Crippen molar-refractivity contribution in [3.8, 4) is 0 Å². The van der Waals surface area contributed by atoms with Crippen molar-refractivity contribution in [1.82, 2.24) is 10.0 Å². The molecule has 3 aliphatic heterocycles. The number of imide groups is 1. The molecule has 160 valence electrons. The van der Waals surface area contributed by atoms with Gasteiger partial charge in [-0.15, -0.1) is 0 Å². The van der Waals surface area contributed by atoms with Gasteiger partial charge in [-0.05, 0) is 41.8 Å². The molecule has 3 aliphatic rings. The van der Waals surface area contributed by atoms with Gasteiger partial charge in [-0.25, -0.2) is 19.3 Å². The Morgan fingerprint density at radius 1 is 0.812 bits per heavy atom. The Labute approximate surface area is 185 Å². The highest BCUT2D eigenvalue weighted by atomic mass is 19.1. The van der Waals surface area contributed by atoms with Crippen LogP contribution in [0.3, 0.4) is 0 Å². The van der Waals surface area contributed by atoms with Crippen molar-refractivity contribution in [3.05, 3.63) is 102 Å². The number of hydrogen-bond donors (Lipinski definition) is 0. The first-order valence-electron chi connectivity index (χ1n) is 10.9. The normalized spacial score (nSPS) is 27.7. The molecule has 6 rings (SSSR count). The highest BCUT2D eigenvalue weighted by molar-refractivity contribution is 6.26. The van der Waals surface area contributed by atoms with Gasteiger partial charge in [0.05, 0.1) is 17.6 Å². The van der Waals surface area contributed by atoms with E-state index in [9.17, 15) is 14.0 Å². The van der Waals surface area contributed by atoms with Crippen molar-refractivity contribution in [2.75, 3.05) is 18.0 Å². The molecular formula is C26H22FN3O2. The SMILES string of the molecule is O=C1[C@@H]2[C@@H](c3ccccc3)N3CCCN3[C@]2(c2ccccc2)C(=O)N1c1ccc(F)cc1. The smallest absolute Gasteiger partial charge is 0.261 e. The van der Waals surface area contributed by atoms with Crippen molar-refractivity contribution in [2.24, 2.45) is 5.92 Å². The molecule has 0 radical (unpaired) electrons. The van der Waals surface area contributed by atoms with Crippen molar-refractivity contribution in [3.63, 3.8) is 0 Å². The molecule has 3 saturated heterocycles. The topological polar surface area (TPSA) is 43.9 Å². The second kappa shape index (κ2) is 7.08. The number of fused-ring (bicyclic) bond motifs is 3. The predicted octanol–water partition coefficient (Wildman–Crippen LogP) is 3.89. The summed E-state index contributed by atoms with van der Waals surface area (Å²) in [5.74, 6) is -1.52. The van der Waals surface area contributed by atoms with E-state index < -0.39 is 17.3 Å². The van der Waals surface area contributed by atoms with Gasteiger partial charge in [0.25, 0.3) is 5.91 Å². The quantitative estimate of drug-likeness (QED) is 0.595. The van der Waals surface area contributed by atoms with Crippen LogP contribution in [0, 0.1) is 11.7 Å². The zero-order valence-corrected chi connectivity index (χ0v) is 17.4. The van der Waals surface area contributed by atoms with E-state index in [1.807, 2.05) is 60.7 Å². The summed E-state index contributed by atoms with van der Waals surface area (Å²) in [6.45, 7) is 1.49. The molecule has 0 saturated carbocycles. The fraction of sp³-hybridized carbons (Fsp3) is 0.231. The summed E-state index contributed by atoms with van der Waals surface area (Å²) in [6, 6.07) is 24.9. The lowest BCUT2D eigenvalue weighted by molar-refractivity contribution is -0.134. The molecule has 0 bridgehead atoms. The van der Waals surface area contributed by atoms with Crippen LogP contribution in [0.2, 0.25) is 0 Å². The van der Waals surface area contributed by atoms with Gasteiger partial charge in [-0.2, -0.15) is 0 Å². The van der Waals surface area contributed by atoms with E-state index in [0.29, 0.717) is 12.2 Å². The van der Waals surface area contributed by atoms with Crippen molar-refractivity contribution in [1.29, 1.82) is 0 Å². The lowest BCUT2D eigenvalue weighted by Crippen LogP contribution is -2.52. The number of hydrazine groups is 1. The average molecular weight is 427 g/mol. The fourth-order valence-electron chi connectivity index (χ4n) is 5.82. The van der Waals surface area contributed by atoms with Gasteiger partial charge in [0.1, 0.15) is 5.82 Å². The summed E-state index contributed by atoms with van der Waals surface area (Å²) in [4.78, 5) is 29.6. The molecule has 3 atom stereocenters. The molecule has 3 aromatic rings. The van der Waals surface area contributed by atoms with Crippen LogP contribution in [0.5, 0.6) is 0 Å². The van der Waals surface area contributed by atoms with E-state index in [0.717, 1.165) is 24.1 Å². The van der Waals surface area contributed by atoms with Crippen LogP contribution in [-0.4, -0.2) is 34.9 Å². The van der Waals surface area contributed by atoms with Crippen LogP contribution >= 0.6 is 0 Å². The summed E-state index contributed by atoms with van der Waals surface area (Å²) < 4.78 is 13.6. The number of carbonyl (C=O) groups is 2. The first kappa shape index (κ1) is 19.3. The molecule has 32 heavy (non-hydrogen) atoms. The second-order valence-electron chi connectivity index (χ2n) is 8.56. The Morgan fingerprint density at radius 2 is 1.47 bits per heavy atom. The molecule has 5 nitrogen and oxygen atoms in total. The summed E-state index contributed by atoms with van der Waals surface area (Å²) >= 11 is 0. The van der Waals surface area contributed by atoms with Gasteiger partial charge in [-0.3, -0.25) is 9.59 Å². The van der Waals surface area contributed by atoms with Gasteiger partial charge in [-0.1, -0.05) is 60.7 Å². The maximum absolute atomic E-state index is 14.3. The third kappa shape index (κ3) is 2.45.